The number of ether oxygens (including phenoxy) is 2. The first-order valence-electron chi connectivity index (χ1n) is 10.9. The van der Waals surface area contributed by atoms with Gasteiger partial charge in [-0.1, -0.05) is 48.5 Å². The SMILES string of the molecule is COc1c(F)cc(C(=O)NC2=Cc3ccccc3C2)cc1OCCc1cccc(CCO)c1. The lowest BCUT2D eigenvalue weighted by Crippen LogP contribution is -2.23. The van der Waals surface area contributed by atoms with E-state index in [-0.39, 0.29) is 30.3 Å². The summed E-state index contributed by atoms with van der Waals surface area (Å²) in [6, 6.07) is 18.4. The van der Waals surface area contributed by atoms with Crippen LogP contribution >= 0.6 is 0 Å². The maximum absolute atomic E-state index is 14.7. The topological polar surface area (TPSA) is 67.8 Å². The van der Waals surface area contributed by atoms with Gasteiger partial charge in [-0.2, -0.15) is 0 Å². The van der Waals surface area contributed by atoms with Crippen molar-refractivity contribution in [1.29, 1.82) is 0 Å². The van der Waals surface area contributed by atoms with Gasteiger partial charge in [0.2, 0.25) is 0 Å². The first kappa shape index (κ1) is 22.6. The number of halogens is 1. The summed E-state index contributed by atoms with van der Waals surface area (Å²) in [5.74, 6) is -0.920. The van der Waals surface area contributed by atoms with E-state index in [9.17, 15) is 9.18 Å². The molecule has 170 valence electrons. The molecule has 3 aromatic rings. The second-order valence-corrected chi connectivity index (χ2v) is 7.88. The summed E-state index contributed by atoms with van der Waals surface area (Å²) in [6.45, 7) is 0.373. The molecule has 6 heteroatoms. The minimum Gasteiger partial charge on any atom is -0.490 e. The molecular weight excluding hydrogens is 421 g/mol. The van der Waals surface area contributed by atoms with Gasteiger partial charge >= 0.3 is 0 Å². The molecule has 0 aliphatic heterocycles. The van der Waals surface area contributed by atoms with Gasteiger partial charge < -0.3 is 19.9 Å². The van der Waals surface area contributed by atoms with Gasteiger partial charge in [-0.05, 0) is 46.9 Å². The number of carbonyl (C=O) groups excluding carboxylic acids is 1. The molecule has 3 aromatic carbocycles. The summed E-state index contributed by atoms with van der Waals surface area (Å²) < 4.78 is 25.6. The van der Waals surface area contributed by atoms with Crippen molar-refractivity contribution in [2.45, 2.75) is 19.3 Å². The summed E-state index contributed by atoms with van der Waals surface area (Å²) in [4.78, 5) is 12.8. The zero-order valence-corrected chi connectivity index (χ0v) is 18.4. The minimum atomic E-state index is -0.659. The fraction of sp³-hybridized carbons (Fsp3) is 0.222. The van der Waals surface area contributed by atoms with Gasteiger partial charge in [-0.3, -0.25) is 4.79 Å². The van der Waals surface area contributed by atoms with Crippen LogP contribution in [-0.4, -0.2) is 31.3 Å². The smallest absolute Gasteiger partial charge is 0.255 e. The Morgan fingerprint density at radius 2 is 1.85 bits per heavy atom. The standard InChI is InChI=1S/C27H26FNO4/c1-32-26-24(28)16-22(27(31)29-23-14-20-7-2-3-8-21(20)15-23)17-25(26)33-12-10-19-6-4-5-18(13-19)9-11-30/h2-8,13-14,16-17,30H,9-12,15H2,1H3,(H,29,31). The van der Waals surface area contributed by atoms with Crippen molar-refractivity contribution in [1.82, 2.24) is 5.32 Å². The monoisotopic (exact) mass is 447 g/mol. The van der Waals surface area contributed by atoms with Crippen molar-refractivity contribution in [3.05, 3.63) is 100.0 Å². The van der Waals surface area contributed by atoms with E-state index in [0.717, 1.165) is 34.0 Å². The molecule has 0 bridgehead atoms. The van der Waals surface area contributed by atoms with E-state index in [0.29, 0.717) is 19.3 Å². The highest BCUT2D eigenvalue weighted by atomic mass is 19.1. The number of methoxy groups -OCH3 is 1. The molecule has 0 fully saturated rings. The van der Waals surface area contributed by atoms with Crippen LogP contribution in [-0.2, 0) is 19.3 Å². The second-order valence-electron chi connectivity index (χ2n) is 7.88. The average molecular weight is 448 g/mol. The van der Waals surface area contributed by atoms with Gasteiger partial charge in [0.15, 0.2) is 17.3 Å². The van der Waals surface area contributed by atoms with E-state index in [2.05, 4.69) is 5.32 Å². The number of nitrogens with one attached hydrogen (secondary N) is 1. The molecule has 0 radical (unpaired) electrons. The van der Waals surface area contributed by atoms with Crippen LogP contribution in [0.3, 0.4) is 0 Å². The van der Waals surface area contributed by atoms with Crippen LogP contribution in [0.5, 0.6) is 11.5 Å². The Bertz CT molecular complexity index is 1190. The first-order valence-corrected chi connectivity index (χ1v) is 10.9. The van der Waals surface area contributed by atoms with E-state index in [1.54, 1.807) is 0 Å². The third-order valence-electron chi connectivity index (χ3n) is 5.56. The van der Waals surface area contributed by atoms with Crippen molar-refractivity contribution in [3.8, 4) is 11.5 Å². The number of hydrogen-bond acceptors (Lipinski definition) is 4. The largest absolute Gasteiger partial charge is 0.490 e. The summed E-state index contributed by atoms with van der Waals surface area (Å²) in [7, 11) is 1.37. The highest BCUT2D eigenvalue weighted by Gasteiger charge is 2.19. The van der Waals surface area contributed by atoms with Gasteiger partial charge in [0, 0.05) is 30.7 Å². The van der Waals surface area contributed by atoms with Crippen LogP contribution in [0.1, 0.15) is 32.6 Å². The molecule has 0 aromatic heterocycles. The first-order chi connectivity index (χ1) is 16.1. The van der Waals surface area contributed by atoms with E-state index in [1.807, 2.05) is 54.6 Å². The number of fused-ring (bicyclic) bond motifs is 1. The fourth-order valence-corrected chi connectivity index (χ4v) is 3.93. The quantitative estimate of drug-likeness (QED) is 0.513. The molecule has 0 heterocycles. The molecule has 1 aliphatic carbocycles. The molecule has 0 saturated carbocycles. The molecule has 1 aliphatic rings. The fourth-order valence-electron chi connectivity index (χ4n) is 3.93. The average Bonchev–Trinajstić information content (AvgIpc) is 3.21. The summed E-state index contributed by atoms with van der Waals surface area (Å²) in [6.07, 6.45) is 3.73. The molecular formula is C27H26FNO4. The number of amides is 1. The Hall–Kier alpha value is -3.64. The van der Waals surface area contributed by atoms with E-state index < -0.39 is 11.7 Å². The predicted octanol–water partition coefficient (Wildman–Crippen LogP) is 4.32. The van der Waals surface area contributed by atoms with Crippen LogP contribution in [0.25, 0.3) is 6.08 Å². The molecule has 0 unspecified atom stereocenters. The molecule has 2 N–H and O–H groups in total. The molecule has 0 saturated heterocycles. The maximum Gasteiger partial charge on any atom is 0.255 e. The van der Waals surface area contributed by atoms with E-state index >= 15 is 0 Å². The van der Waals surface area contributed by atoms with Crippen molar-refractivity contribution < 1.29 is 23.8 Å². The highest BCUT2D eigenvalue weighted by Crippen LogP contribution is 2.32. The second kappa shape index (κ2) is 10.3. The van der Waals surface area contributed by atoms with Crippen LogP contribution in [0, 0.1) is 5.82 Å². The number of rotatable bonds is 9. The normalized spacial score (nSPS) is 12.2. The van der Waals surface area contributed by atoms with Crippen LogP contribution in [0.2, 0.25) is 0 Å². The maximum atomic E-state index is 14.7. The molecule has 5 nitrogen and oxygen atoms in total. The van der Waals surface area contributed by atoms with Crippen molar-refractivity contribution in [3.63, 3.8) is 0 Å². The molecule has 0 spiro atoms. The Morgan fingerprint density at radius 3 is 2.61 bits per heavy atom. The van der Waals surface area contributed by atoms with E-state index in [1.165, 1.54) is 13.2 Å². The number of allylic oxidation sites excluding steroid dienone is 1. The van der Waals surface area contributed by atoms with Gasteiger partial charge in [0.05, 0.1) is 13.7 Å². The molecule has 33 heavy (non-hydrogen) atoms. The zero-order valence-electron chi connectivity index (χ0n) is 18.4. The minimum absolute atomic E-state index is 0.0342. The molecule has 1 amide bonds. The van der Waals surface area contributed by atoms with Crippen molar-refractivity contribution in [2.24, 2.45) is 0 Å². The zero-order chi connectivity index (χ0) is 23.2. The van der Waals surface area contributed by atoms with Gasteiger partial charge in [-0.15, -0.1) is 0 Å². The lowest BCUT2D eigenvalue weighted by atomic mass is 10.1. The number of aliphatic hydroxyl groups excluding tert-OH is 1. The Balaban J connectivity index is 1.44. The Labute approximate surface area is 192 Å². The number of aliphatic hydroxyl groups is 1. The predicted molar refractivity (Wildman–Crippen MR) is 125 cm³/mol. The third-order valence-corrected chi connectivity index (χ3v) is 5.56. The summed E-state index contributed by atoms with van der Waals surface area (Å²) in [5.41, 5.74) is 5.22. The molecule has 0 atom stereocenters. The van der Waals surface area contributed by atoms with Gasteiger partial charge in [0.1, 0.15) is 0 Å². The van der Waals surface area contributed by atoms with Gasteiger partial charge in [0.25, 0.3) is 5.91 Å². The lowest BCUT2D eigenvalue weighted by molar-refractivity contribution is 0.0964. The summed E-state index contributed by atoms with van der Waals surface area (Å²) in [5, 5.41) is 12.0. The van der Waals surface area contributed by atoms with Crippen molar-refractivity contribution in [2.75, 3.05) is 20.3 Å². The van der Waals surface area contributed by atoms with Crippen LogP contribution in [0.4, 0.5) is 4.39 Å². The van der Waals surface area contributed by atoms with Crippen LogP contribution in [0.15, 0.2) is 66.4 Å². The lowest BCUT2D eigenvalue weighted by Gasteiger charge is -2.14. The number of hydrogen-bond donors (Lipinski definition) is 2. The molecule has 4 rings (SSSR count). The Morgan fingerprint density at radius 1 is 1.06 bits per heavy atom. The Kier molecular flexibility index (Phi) is 7.05. The number of benzene rings is 3. The summed E-state index contributed by atoms with van der Waals surface area (Å²) >= 11 is 0. The van der Waals surface area contributed by atoms with Crippen molar-refractivity contribution >= 4 is 12.0 Å². The van der Waals surface area contributed by atoms with E-state index in [4.69, 9.17) is 14.6 Å². The number of carbonyl (C=O) groups is 1. The third kappa shape index (κ3) is 5.41. The van der Waals surface area contributed by atoms with Crippen LogP contribution < -0.4 is 14.8 Å². The highest BCUT2D eigenvalue weighted by molar-refractivity contribution is 5.96. The van der Waals surface area contributed by atoms with Gasteiger partial charge in [-0.25, -0.2) is 4.39 Å².